The van der Waals surface area contributed by atoms with Gasteiger partial charge >= 0.3 is 6.09 Å². The smallest absolute Gasteiger partial charge is 0.407 e. The molecule has 0 aromatic rings. The van der Waals surface area contributed by atoms with E-state index in [-0.39, 0.29) is 6.04 Å². The van der Waals surface area contributed by atoms with Crippen LogP contribution in [-0.4, -0.2) is 25.2 Å². The van der Waals surface area contributed by atoms with Crippen molar-refractivity contribution in [3.8, 4) is 0 Å². The van der Waals surface area contributed by atoms with E-state index in [1.807, 2.05) is 6.92 Å². The van der Waals surface area contributed by atoms with Gasteiger partial charge in [-0.3, -0.25) is 0 Å². The van der Waals surface area contributed by atoms with Gasteiger partial charge in [0.15, 0.2) is 0 Å². The van der Waals surface area contributed by atoms with Crippen LogP contribution in [0, 0.1) is 0 Å². The van der Waals surface area contributed by atoms with Crippen LogP contribution in [0.25, 0.3) is 0 Å². The van der Waals surface area contributed by atoms with Crippen molar-refractivity contribution in [2.75, 3.05) is 7.11 Å². The fourth-order valence-corrected chi connectivity index (χ4v) is 0.790. The number of hydrogen-bond donors (Lipinski definition) is 1. The van der Waals surface area contributed by atoms with E-state index < -0.39 is 6.09 Å². The number of nitrogens with one attached hydrogen (secondary N) is 1. The van der Waals surface area contributed by atoms with Crippen molar-refractivity contribution in [3.63, 3.8) is 0 Å². The zero-order chi connectivity index (χ0) is 9.56. The summed E-state index contributed by atoms with van der Waals surface area (Å²) in [7, 11) is 1.28. The number of hydrogen-bond acceptors (Lipinski definition) is 3. The molecule has 4 nitrogen and oxygen atoms in total. The zero-order valence-corrected chi connectivity index (χ0v) is 7.51. The SMILES string of the molecule is CCC(=C=O)C(C)NC(=O)OC. The summed E-state index contributed by atoms with van der Waals surface area (Å²) in [5.41, 5.74) is 0.528. The third-order valence-corrected chi connectivity index (χ3v) is 1.55. The van der Waals surface area contributed by atoms with Crippen molar-refractivity contribution in [2.24, 2.45) is 0 Å². The monoisotopic (exact) mass is 171 g/mol. The van der Waals surface area contributed by atoms with Crippen molar-refractivity contribution in [3.05, 3.63) is 5.57 Å². The summed E-state index contributed by atoms with van der Waals surface area (Å²) in [5, 5.41) is 2.47. The molecule has 0 radical (unpaired) electrons. The molecule has 0 aromatic heterocycles. The van der Waals surface area contributed by atoms with E-state index in [0.29, 0.717) is 12.0 Å². The third-order valence-electron chi connectivity index (χ3n) is 1.55. The first-order valence-electron chi connectivity index (χ1n) is 3.74. The number of carbonyl (C=O) groups excluding carboxylic acids is 2. The lowest BCUT2D eigenvalue weighted by Gasteiger charge is -2.11. The van der Waals surface area contributed by atoms with Gasteiger partial charge in [-0.05, 0) is 13.3 Å². The molecule has 4 heteroatoms. The Morgan fingerprint density at radius 3 is 2.58 bits per heavy atom. The topological polar surface area (TPSA) is 55.4 Å². The second-order valence-electron chi connectivity index (χ2n) is 2.34. The van der Waals surface area contributed by atoms with E-state index in [2.05, 4.69) is 10.1 Å². The van der Waals surface area contributed by atoms with E-state index >= 15 is 0 Å². The molecular formula is C8H13NO3. The van der Waals surface area contributed by atoms with E-state index in [0.717, 1.165) is 0 Å². The average molecular weight is 171 g/mol. The minimum absolute atomic E-state index is 0.306. The predicted octanol–water partition coefficient (Wildman–Crippen LogP) is 0.899. The van der Waals surface area contributed by atoms with Gasteiger partial charge in [-0.25, -0.2) is 9.59 Å². The molecule has 0 aliphatic heterocycles. The Labute approximate surface area is 71.6 Å². The molecule has 1 unspecified atom stereocenters. The Balaban J connectivity index is 4.11. The summed E-state index contributed by atoms with van der Waals surface area (Å²) in [6.45, 7) is 3.54. The molecule has 0 bridgehead atoms. The van der Waals surface area contributed by atoms with Crippen LogP contribution in [0.15, 0.2) is 5.57 Å². The van der Waals surface area contributed by atoms with Crippen LogP contribution in [-0.2, 0) is 9.53 Å². The second-order valence-corrected chi connectivity index (χ2v) is 2.34. The molecule has 1 amide bonds. The first-order chi connectivity index (χ1) is 5.65. The quantitative estimate of drug-likeness (QED) is 0.642. The van der Waals surface area contributed by atoms with Crippen molar-refractivity contribution in [1.29, 1.82) is 0 Å². The lowest BCUT2D eigenvalue weighted by atomic mass is 10.1. The predicted molar refractivity (Wildman–Crippen MR) is 44.5 cm³/mol. The fourth-order valence-electron chi connectivity index (χ4n) is 0.790. The van der Waals surface area contributed by atoms with Crippen LogP contribution < -0.4 is 5.32 Å². The Bertz CT molecular complexity index is 206. The Kier molecular flexibility index (Phi) is 4.81. The number of methoxy groups -OCH3 is 1. The molecule has 0 aliphatic rings. The first kappa shape index (κ1) is 10.7. The number of carbonyl (C=O) groups is 1. The molecule has 0 saturated carbocycles. The van der Waals surface area contributed by atoms with Gasteiger partial charge in [-0.15, -0.1) is 0 Å². The molecule has 68 valence electrons. The van der Waals surface area contributed by atoms with Gasteiger partial charge in [-0.1, -0.05) is 6.92 Å². The van der Waals surface area contributed by atoms with Crippen LogP contribution in [0.3, 0.4) is 0 Å². The summed E-state index contributed by atoms with van der Waals surface area (Å²) < 4.78 is 4.37. The highest BCUT2D eigenvalue weighted by atomic mass is 16.5. The molecule has 0 saturated heterocycles. The van der Waals surface area contributed by atoms with Gasteiger partial charge in [0.25, 0.3) is 0 Å². The minimum atomic E-state index is -0.538. The summed E-state index contributed by atoms with van der Waals surface area (Å²) in [6.07, 6.45) is 0.0398. The Morgan fingerprint density at radius 2 is 2.25 bits per heavy atom. The maximum absolute atomic E-state index is 10.7. The molecule has 0 fully saturated rings. The van der Waals surface area contributed by atoms with Crippen LogP contribution in [0.1, 0.15) is 20.3 Å². The summed E-state index contributed by atoms with van der Waals surface area (Å²) in [4.78, 5) is 21.0. The van der Waals surface area contributed by atoms with Crippen molar-refractivity contribution in [1.82, 2.24) is 5.32 Å². The van der Waals surface area contributed by atoms with Crippen LogP contribution >= 0.6 is 0 Å². The number of rotatable bonds is 3. The molecule has 0 aromatic carbocycles. The highest BCUT2D eigenvalue weighted by molar-refractivity contribution is 5.69. The number of amides is 1. The van der Waals surface area contributed by atoms with E-state index in [1.54, 1.807) is 12.9 Å². The molecule has 12 heavy (non-hydrogen) atoms. The highest BCUT2D eigenvalue weighted by Gasteiger charge is 2.10. The standard InChI is InChI=1S/C8H13NO3/c1-4-7(5-10)6(2)9-8(11)12-3/h6H,4H2,1-3H3,(H,9,11). The zero-order valence-electron chi connectivity index (χ0n) is 7.51. The Morgan fingerprint density at radius 1 is 1.67 bits per heavy atom. The number of alkyl carbamates (subject to hydrolysis) is 1. The molecule has 0 aliphatic carbocycles. The van der Waals surface area contributed by atoms with Crippen molar-refractivity contribution in [2.45, 2.75) is 26.3 Å². The normalized spacial score (nSPS) is 11.2. The van der Waals surface area contributed by atoms with E-state index in [9.17, 15) is 9.59 Å². The largest absolute Gasteiger partial charge is 0.453 e. The highest BCUT2D eigenvalue weighted by Crippen LogP contribution is 2.01. The average Bonchev–Trinajstić information content (AvgIpc) is 2.06. The molecule has 0 rings (SSSR count). The van der Waals surface area contributed by atoms with Gasteiger partial charge in [0, 0.05) is 5.57 Å². The molecule has 1 N–H and O–H groups in total. The lowest BCUT2D eigenvalue weighted by molar-refractivity contribution is 0.169. The summed E-state index contributed by atoms with van der Waals surface area (Å²) in [6, 6.07) is -0.306. The van der Waals surface area contributed by atoms with Crippen LogP contribution in [0.2, 0.25) is 0 Å². The van der Waals surface area contributed by atoms with E-state index in [1.165, 1.54) is 7.11 Å². The van der Waals surface area contributed by atoms with Gasteiger partial charge in [0.1, 0.15) is 5.94 Å². The van der Waals surface area contributed by atoms with Crippen molar-refractivity contribution < 1.29 is 14.3 Å². The van der Waals surface area contributed by atoms with Crippen LogP contribution in [0.4, 0.5) is 4.79 Å². The van der Waals surface area contributed by atoms with Gasteiger partial charge < -0.3 is 10.1 Å². The molecular weight excluding hydrogens is 158 g/mol. The van der Waals surface area contributed by atoms with Gasteiger partial charge in [0.2, 0.25) is 0 Å². The fraction of sp³-hybridized carbons (Fsp3) is 0.625. The third kappa shape index (κ3) is 3.21. The van der Waals surface area contributed by atoms with Gasteiger partial charge in [0.05, 0.1) is 13.2 Å². The van der Waals surface area contributed by atoms with E-state index in [4.69, 9.17) is 0 Å². The Hall–Kier alpha value is -1.28. The molecule has 1 atom stereocenters. The maximum Gasteiger partial charge on any atom is 0.407 e. The molecule has 0 heterocycles. The van der Waals surface area contributed by atoms with Crippen molar-refractivity contribution >= 4 is 12.0 Å². The lowest BCUT2D eigenvalue weighted by Crippen LogP contribution is -2.33. The maximum atomic E-state index is 10.7. The second kappa shape index (κ2) is 5.38. The molecule has 0 spiro atoms. The van der Waals surface area contributed by atoms with Crippen LogP contribution in [0.5, 0.6) is 0 Å². The first-order valence-corrected chi connectivity index (χ1v) is 3.74. The minimum Gasteiger partial charge on any atom is -0.453 e. The number of ether oxygens (including phenoxy) is 1. The summed E-state index contributed by atoms with van der Waals surface area (Å²) in [5.74, 6) is 1.78. The van der Waals surface area contributed by atoms with Gasteiger partial charge in [-0.2, -0.15) is 0 Å². The summed E-state index contributed by atoms with van der Waals surface area (Å²) >= 11 is 0.